The number of benzene rings is 2. The van der Waals surface area contributed by atoms with Crippen LogP contribution in [0.1, 0.15) is 65.7 Å². The summed E-state index contributed by atoms with van der Waals surface area (Å²) in [4.78, 5) is 33.6. The van der Waals surface area contributed by atoms with Crippen LogP contribution in [-0.4, -0.2) is 71.3 Å². The van der Waals surface area contributed by atoms with E-state index in [4.69, 9.17) is 24.4 Å². The lowest BCUT2D eigenvalue weighted by atomic mass is 9.89. The van der Waals surface area contributed by atoms with Gasteiger partial charge < -0.3 is 29.7 Å². The zero-order valence-electron chi connectivity index (χ0n) is 27.7. The van der Waals surface area contributed by atoms with Gasteiger partial charge in [0.15, 0.2) is 5.75 Å². The first-order chi connectivity index (χ1) is 24.8. The molecule has 2 heterocycles. The van der Waals surface area contributed by atoms with E-state index < -0.39 is 84.4 Å². The number of carboxylic acid groups (broad SMARTS) is 1. The van der Waals surface area contributed by atoms with Crippen molar-refractivity contribution in [2.45, 2.75) is 63.2 Å². The highest BCUT2D eigenvalue weighted by atomic mass is 19.4. The summed E-state index contributed by atoms with van der Waals surface area (Å²) in [5.41, 5.74) is -4.89. The molecule has 290 valence electrons. The van der Waals surface area contributed by atoms with E-state index in [1.165, 1.54) is 0 Å². The average molecular weight is 769 g/mol. The molecule has 2 aromatic carbocycles. The smallest absolute Gasteiger partial charge is 0.416 e. The number of halogens is 9. The van der Waals surface area contributed by atoms with E-state index in [9.17, 15) is 49.1 Å². The molecule has 0 saturated carbocycles. The number of fused-ring (bicyclic) bond motifs is 1. The average Bonchev–Trinajstić information content (AvgIpc) is 3.07. The Morgan fingerprint density at radius 1 is 0.906 bits per heavy atom. The maximum atomic E-state index is 13.8. The molecular weight excluding hydrogens is 735 g/mol. The molecule has 11 nitrogen and oxygen atoms in total. The second kappa shape index (κ2) is 16.9. The molecule has 3 N–H and O–H groups in total. The monoisotopic (exact) mass is 768 g/mol. The summed E-state index contributed by atoms with van der Waals surface area (Å²) in [5.74, 6) is -1.69. The number of alkyl halides is 9. The molecule has 0 fully saturated rings. The summed E-state index contributed by atoms with van der Waals surface area (Å²) < 4.78 is 139. The standard InChI is InChI=1S/C33H33F9N4O7/c1-2-22-16-24(23-15-19(31(34,35)36)3-4-26(23)46(22)30(50)53-7-5-28(48)49)44-29-43-17-27(52-10-9-51-8-6-47)25(45-29)13-18-11-20(32(37,38)39)14-21(12-18)33(40,41)42/h3-4,11-12,14-15,17,22,24,47H,2,5-10,13,16H2,1H3,(H,48,49)(H,43,44,45)/t22-,24+/m1/s1. The first kappa shape index (κ1) is 40.9. The number of aromatic nitrogens is 2. The van der Waals surface area contributed by atoms with Crippen molar-refractivity contribution in [1.29, 1.82) is 0 Å². The molecule has 53 heavy (non-hydrogen) atoms. The summed E-state index contributed by atoms with van der Waals surface area (Å²) in [6.45, 7) is 0.567. The molecule has 3 aromatic rings. The summed E-state index contributed by atoms with van der Waals surface area (Å²) in [7, 11) is 0. The fourth-order valence-electron chi connectivity index (χ4n) is 5.53. The van der Waals surface area contributed by atoms with E-state index in [0.29, 0.717) is 12.1 Å². The number of nitrogens with zero attached hydrogens (tertiary/aromatic N) is 3. The predicted octanol–water partition coefficient (Wildman–Crippen LogP) is 7.26. The van der Waals surface area contributed by atoms with Crippen LogP contribution in [0.25, 0.3) is 0 Å². The van der Waals surface area contributed by atoms with Crippen molar-refractivity contribution in [3.63, 3.8) is 0 Å². The van der Waals surface area contributed by atoms with Crippen molar-refractivity contribution in [2.75, 3.05) is 43.3 Å². The van der Waals surface area contributed by atoms with Gasteiger partial charge in [0, 0.05) is 12.5 Å². The molecular formula is C33H33F9N4O7. The summed E-state index contributed by atoms with van der Waals surface area (Å²) in [5, 5.41) is 20.7. The molecule has 20 heteroatoms. The van der Waals surface area contributed by atoms with Gasteiger partial charge in [-0.15, -0.1) is 0 Å². The number of hydrogen-bond acceptors (Lipinski definition) is 9. The molecule has 0 bridgehead atoms. The van der Waals surface area contributed by atoms with Crippen LogP contribution in [-0.2, 0) is 39.2 Å². The van der Waals surface area contributed by atoms with Crippen molar-refractivity contribution in [2.24, 2.45) is 0 Å². The van der Waals surface area contributed by atoms with Crippen LogP contribution in [0.4, 0.5) is 55.9 Å². The highest BCUT2D eigenvalue weighted by Gasteiger charge is 2.40. The number of carbonyl (C=O) groups excluding carboxylic acids is 1. The highest BCUT2D eigenvalue weighted by molar-refractivity contribution is 5.90. The third-order valence-electron chi connectivity index (χ3n) is 7.94. The fraction of sp³-hybridized carbons (Fsp3) is 0.455. The van der Waals surface area contributed by atoms with Gasteiger partial charge in [0.2, 0.25) is 5.95 Å². The maximum absolute atomic E-state index is 13.8. The molecule has 0 unspecified atom stereocenters. The Morgan fingerprint density at radius 3 is 2.15 bits per heavy atom. The number of anilines is 2. The van der Waals surface area contributed by atoms with Crippen molar-refractivity contribution in [3.05, 3.63) is 76.1 Å². The third kappa shape index (κ3) is 10.8. The van der Waals surface area contributed by atoms with Crippen LogP contribution in [0, 0.1) is 0 Å². The van der Waals surface area contributed by atoms with Gasteiger partial charge in [0.1, 0.15) is 13.2 Å². The van der Waals surface area contributed by atoms with E-state index in [1.807, 2.05) is 0 Å². The number of aliphatic carboxylic acids is 1. The van der Waals surface area contributed by atoms with Gasteiger partial charge in [-0.05, 0) is 60.4 Å². The molecule has 0 radical (unpaired) electrons. The van der Waals surface area contributed by atoms with Crippen molar-refractivity contribution in [3.8, 4) is 5.75 Å². The SMILES string of the molecule is CC[C@@H]1C[C@H](Nc2ncc(OCCOCCO)c(Cc3cc(C(F)(F)F)cc(C(F)(F)F)c3)n2)c2cc(C(F)(F)F)ccc2N1C(=O)OCCC(=O)O. The van der Waals surface area contributed by atoms with E-state index in [-0.39, 0.29) is 74.0 Å². The van der Waals surface area contributed by atoms with Crippen LogP contribution in [0.2, 0.25) is 0 Å². The molecule has 2 atom stereocenters. The number of nitrogens with one attached hydrogen (secondary N) is 1. The van der Waals surface area contributed by atoms with Gasteiger partial charge >= 0.3 is 30.6 Å². The van der Waals surface area contributed by atoms with Crippen molar-refractivity contribution >= 4 is 23.7 Å². The fourth-order valence-corrected chi connectivity index (χ4v) is 5.53. The lowest BCUT2D eigenvalue weighted by molar-refractivity contribution is -0.143. The van der Waals surface area contributed by atoms with Crippen LogP contribution >= 0.6 is 0 Å². The second-order valence-electron chi connectivity index (χ2n) is 11.7. The maximum Gasteiger partial charge on any atom is 0.416 e. The van der Waals surface area contributed by atoms with Gasteiger partial charge in [-0.2, -0.15) is 39.5 Å². The Balaban J connectivity index is 1.75. The Bertz CT molecular complexity index is 1720. The van der Waals surface area contributed by atoms with Gasteiger partial charge in [-0.25, -0.2) is 14.8 Å². The van der Waals surface area contributed by atoms with E-state index in [0.717, 1.165) is 29.3 Å². The lowest BCUT2D eigenvalue weighted by Crippen LogP contribution is -2.46. The van der Waals surface area contributed by atoms with Crippen LogP contribution < -0.4 is 15.0 Å². The van der Waals surface area contributed by atoms with Gasteiger partial charge in [-0.1, -0.05) is 6.92 Å². The number of carboxylic acids is 1. The Kier molecular flexibility index (Phi) is 13.0. The number of aliphatic hydroxyl groups excluding tert-OH is 1. The van der Waals surface area contributed by atoms with Gasteiger partial charge in [-0.3, -0.25) is 9.69 Å². The third-order valence-corrected chi connectivity index (χ3v) is 7.94. The molecule has 0 aliphatic carbocycles. The zero-order chi connectivity index (χ0) is 39.1. The van der Waals surface area contributed by atoms with E-state index >= 15 is 0 Å². The number of amides is 1. The normalized spacial score (nSPS) is 16.2. The minimum atomic E-state index is -5.13. The largest absolute Gasteiger partial charge is 0.488 e. The number of ether oxygens (including phenoxy) is 3. The summed E-state index contributed by atoms with van der Waals surface area (Å²) in [6, 6.07) is 1.87. The second-order valence-corrected chi connectivity index (χ2v) is 11.7. The predicted molar refractivity (Wildman–Crippen MR) is 167 cm³/mol. The number of hydrogen-bond donors (Lipinski definition) is 3. The molecule has 1 aliphatic heterocycles. The molecule has 1 amide bonds. The minimum absolute atomic E-state index is 0.000580. The molecule has 0 spiro atoms. The molecule has 0 saturated heterocycles. The van der Waals surface area contributed by atoms with Crippen molar-refractivity contribution in [1.82, 2.24) is 9.97 Å². The van der Waals surface area contributed by atoms with Gasteiger partial charge in [0.05, 0.1) is 66.6 Å². The number of aliphatic hydroxyl groups is 1. The van der Waals surface area contributed by atoms with Crippen LogP contribution in [0.5, 0.6) is 5.75 Å². The summed E-state index contributed by atoms with van der Waals surface area (Å²) >= 11 is 0. The van der Waals surface area contributed by atoms with Gasteiger partial charge in [0.25, 0.3) is 0 Å². The zero-order valence-corrected chi connectivity index (χ0v) is 27.7. The Labute approximate surface area is 295 Å². The van der Waals surface area contributed by atoms with E-state index in [2.05, 4.69) is 15.3 Å². The quantitative estimate of drug-likeness (QED) is 0.113. The number of rotatable bonds is 14. The Hall–Kier alpha value is -4.85. The topological polar surface area (TPSA) is 143 Å². The Morgan fingerprint density at radius 2 is 1.57 bits per heavy atom. The lowest BCUT2D eigenvalue weighted by Gasteiger charge is -2.40. The highest BCUT2D eigenvalue weighted by Crippen LogP contribution is 2.43. The first-order valence-corrected chi connectivity index (χ1v) is 15.9. The minimum Gasteiger partial charge on any atom is -0.488 e. The number of carbonyl (C=O) groups is 2. The van der Waals surface area contributed by atoms with Crippen LogP contribution in [0.15, 0.2) is 42.6 Å². The van der Waals surface area contributed by atoms with Crippen LogP contribution in [0.3, 0.4) is 0 Å². The molecule has 4 rings (SSSR count). The van der Waals surface area contributed by atoms with Crippen molar-refractivity contribution < 1.29 is 73.5 Å². The first-order valence-electron chi connectivity index (χ1n) is 15.9. The molecule has 1 aliphatic rings. The molecule has 1 aromatic heterocycles. The summed E-state index contributed by atoms with van der Waals surface area (Å²) in [6.07, 6.45) is -16.0. The van der Waals surface area contributed by atoms with E-state index in [1.54, 1.807) is 6.92 Å².